The van der Waals surface area contributed by atoms with E-state index in [0.29, 0.717) is 24.3 Å². The number of nitriles is 1. The molecule has 0 bridgehead atoms. The third-order valence-electron chi connectivity index (χ3n) is 6.65. The molecule has 0 atom stereocenters. The van der Waals surface area contributed by atoms with Gasteiger partial charge in [-0.1, -0.05) is 48.5 Å². The molecular formula is C29H24F3N5O2. The molecule has 0 N–H and O–H groups in total. The monoisotopic (exact) mass is 531 g/mol. The highest BCUT2D eigenvalue weighted by Crippen LogP contribution is 2.35. The van der Waals surface area contributed by atoms with Gasteiger partial charge in [0.05, 0.1) is 30.3 Å². The minimum atomic E-state index is -4.82. The van der Waals surface area contributed by atoms with Gasteiger partial charge in [0.1, 0.15) is 11.8 Å². The number of ether oxygens (including phenoxy) is 1. The number of aromatic nitrogens is 2. The van der Waals surface area contributed by atoms with Gasteiger partial charge in [-0.05, 0) is 28.8 Å². The number of hydrogen-bond donors (Lipinski definition) is 0. The number of carbonyl (C=O) groups excluding carboxylic acids is 1. The van der Waals surface area contributed by atoms with Gasteiger partial charge < -0.3 is 14.2 Å². The number of carbonyl (C=O) groups is 1. The smallest absolute Gasteiger partial charge is 0.406 e. The van der Waals surface area contributed by atoms with Crippen LogP contribution in [0.3, 0.4) is 0 Å². The van der Waals surface area contributed by atoms with Crippen LogP contribution in [-0.4, -0.2) is 46.4 Å². The first kappa shape index (κ1) is 26.0. The third-order valence-corrected chi connectivity index (χ3v) is 6.65. The molecule has 2 heterocycles. The van der Waals surface area contributed by atoms with Crippen molar-refractivity contribution in [3.05, 3.63) is 90.4 Å². The summed E-state index contributed by atoms with van der Waals surface area (Å²) in [5.41, 5.74) is 5.03. The molecular weight excluding hydrogens is 507 g/mol. The Labute approximate surface area is 223 Å². The van der Waals surface area contributed by atoms with Crippen molar-refractivity contribution in [3.63, 3.8) is 0 Å². The van der Waals surface area contributed by atoms with Crippen LogP contribution in [0.1, 0.15) is 11.1 Å². The number of benzene rings is 3. The Morgan fingerprint density at radius 3 is 2.46 bits per heavy atom. The summed E-state index contributed by atoms with van der Waals surface area (Å²) in [6.07, 6.45) is -1.39. The highest BCUT2D eigenvalue weighted by molar-refractivity contribution is 5.95. The maximum absolute atomic E-state index is 13.1. The second-order valence-corrected chi connectivity index (χ2v) is 9.18. The van der Waals surface area contributed by atoms with Crippen LogP contribution in [0.25, 0.3) is 22.4 Å². The van der Waals surface area contributed by atoms with Gasteiger partial charge in [-0.25, -0.2) is 4.98 Å². The number of piperazine rings is 1. The number of amides is 1. The lowest BCUT2D eigenvalue weighted by atomic mass is 9.91. The zero-order chi connectivity index (χ0) is 27.6. The fourth-order valence-corrected chi connectivity index (χ4v) is 4.86. The topological polar surface area (TPSA) is 74.4 Å². The number of anilines is 1. The van der Waals surface area contributed by atoms with Gasteiger partial charge in [-0.2, -0.15) is 5.26 Å². The van der Waals surface area contributed by atoms with Crippen LogP contribution in [-0.2, 0) is 18.4 Å². The van der Waals surface area contributed by atoms with Crippen LogP contribution >= 0.6 is 0 Å². The van der Waals surface area contributed by atoms with Crippen molar-refractivity contribution < 1.29 is 22.7 Å². The lowest BCUT2D eigenvalue weighted by Crippen LogP contribution is -2.50. The first-order valence-electron chi connectivity index (χ1n) is 12.2. The van der Waals surface area contributed by atoms with Crippen molar-refractivity contribution >= 4 is 11.6 Å². The third kappa shape index (κ3) is 5.63. The van der Waals surface area contributed by atoms with Crippen LogP contribution in [0.2, 0.25) is 0 Å². The number of imidazole rings is 1. The fourth-order valence-electron chi connectivity index (χ4n) is 4.86. The second kappa shape index (κ2) is 10.6. The van der Waals surface area contributed by atoms with Gasteiger partial charge in [0.15, 0.2) is 0 Å². The molecule has 1 aliphatic heterocycles. The molecule has 0 unspecified atom stereocenters. The summed E-state index contributed by atoms with van der Waals surface area (Å²) in [5, 5.41) is 10.3. The molecule has 0 aliphatic carbocycles. The SMILES string of the molecule is Cn1cncc1-c1ccc(-c2ccccc2)c(C#N)c1CN1CCN(c2cccc(OC(F)(F)F)c2)C(=O)C1. The van der Waals surface area contributed by atoms with Gasteiger partial charge >= 0.3 is 6.36 Å². The number of alkyl halides is 3. The molecule has 1 fully saturated rings. The molecule has 0 spiro atoms. The minimum absolute atomic E-state index is 0.0373. The number of halogens is 3. The average molecular weight is 532 g/mol. The number of hydrogen-bond acceptors (Lipinski definition) is 5. The molecule has 0 radical (unpaired) electrons. The summed E-state index contributed by atoms with van der Waals surface area (Å²) in [6, 6.07) is 21.3. The fraction of sp³-hybridized carbons (Fsp3) is 0.207. The Morgan fingerprint density at radius 2 is 1.79 bits per heavy atom. The molecule has 39 heavy (non-hydrogen) atoms. The second-order valence-electron chi connectivity index (χ2n) is 9.18. The normalized spacial score (nSPS) is 14.3. The molecule has 5 rings (SSSR count). The van der Waals surface area contributed by atoms with Gasteiger partial charge in [0.2, 0.25) is 5.91 Å². The summed E-state index contributed by atoms with van der Waals surface area (Å²) in [6.45, 7) is 1.10. The first-order valence-corrected chi connectivity index (χ1v) is 12.2. The van der Waals surface area contributed by atoms with Crippen LogP contribution < -0.4 is 9.64 Å². The van der Waals surface area contributed by atoms with E-state index in [1.165, 1.54) is 23.1 Å². The van der Waals surface area contributed by atoms with Gasteiger partial charge in [-0.15, -0.1) is 13.2 Å². The zero-order valence-corrected chi connectivity index (χ0v) is 21.0. The molecule has 4 aromatic rings. The molecule has 10 heteroatoms. The minimum Gasteiger partial charge on any atom is -0.406 e. The van der Waals surface area contributed by atoms with Crippen molar-refractivity contribution in [2.24, 2.45) is 7.05 Å². The van der Waals surface area contributed by atoms with Gasteiger partial charge in [-0.3, -0.25) is 9.69 Å². The summed E-state index contributed by atoms with van der Waals surface area (Å²) < 4.78 is 43.9. The number of nitrogens with zero attached hydrogens (tertiary/aromatic N) is 5. The van der Waals surface area contributed by atoms with Crippen molar-refractivity contribution in [1.82, 2.24) is 14.5 Å². The molecule has 7 nitrogen and oxygen atoms in total. The summed E-state index contributed by atoms with van der Waals surface area (Å²) in [4.78, 5) is 20.8. The number of aryl methyl sites for hydroxylation is 1. The Kier molecular flexibility index (Phi) is 7.09. The standard InChI is InChI=1S/C29H24F3N5O2/c1-35-19-34-16-27(35)24-11-10-23(20-6-3-2-4-7-20)25(15-33)26(24)17-36-12-13-37(28(38)18-36)21-8-5-9-22(14-21)39-29(30,31)32/h2-11,14,16,19H,12-13,17-18H2,1H3. The molecule has 1 amide bonds. The van der Waals surface area contributed by atoms with Crippen LogP contribution in [0, 0.1) is 11.3 Å². The average Bonchev–Trinajstić information content (AvgIpc) is 3.33. The lowest BCUT2D eigenvalue weighted by Gasteiger charge is -2.35. The summed E-state index contributed by atoms with van der Waals surface area (Å²) >= 11 is 0. The van der Waals surface area contributed by atoms with E-state index < -0.39 is 6.36 Å². The molecule has 0 saturated carbocycles. The maximum atomic E-state index is 13.1. The predicted molar refractivity (Wildman–Crippen MR) is 140 cm³/mol. The van der Waals surface area contributed by atoms with Gasteiger partial charge in [0, 0.05) is 44.0 Å². The highest BCUT2D eigenvalue weighted by Gasteiger charge is 2.32. The van der Waals surface area contributed by atoms with E-state index in [1.807, 2.05) is 59.0 Å². The lowest BCUT2D eigenvalue weighted by molar-refractivity contribution is -0.274. The van der Waals surface area contributed by atoms with Crippen LogP contribution in [0.5, 0.6) is 5.75 Å². The van der Waals surface area contributed by atoms with Crippen molar-refractivity contribution in [1.29, 1.82) is 5.26 Å². The van der Waals surface area contributed by atoms with E-state index in [4.69, 9.17) is 0 Å². The maximum Gasteiger partial charge on any atom is 0.573 e. The summed E-state index contributed by atoms with van der Waals surface area (Å²) in [5.74, 6) is -0.641. The van der Waals surface area contributed by atoms with E-state index in [0.717, 1.165) is 27.9 Å². The molecule has 1 saturated heterocycles. The zero-order valence-electron chi connectivity index (χ0n) is 21.0. The van der Waals surface area contributed by atoms with Crippen LogP contribution in [0.4, 0.5) is 18.9 Å². The van der Waals surface area contributed by atoms with E-state index in [1.54, 1.807) is 18.6 Å². The van der Waals surface area contributed by atoms with Crippen molar-refractivity contribution in [2.75, 3.05) is 24.5 Å². The Bertz CT molecular complexity index is 1540. The largest absolute Gasteiger partial charge is 0.573 e. The Morgan fingerprint density at radius 1 is 1.03 bits per heavy atom. The van der Waals surface area contributed by atoms with Gasteiger partial charge in [0.25, 0.3) is 0 Å². The Hall–Kier alpha value is -4.62. The van der Waals surface area contributed by atoms with E-state index in [9.17, 15) is 23.2 Å². The first-order chi connectivity index (χ1) is 18.7. The van der Waals surface area contributed by atoms with Crippen molar-refractivity contribution in [3.8, 4) is 34.2 Å². The number of rotatable bonds is 6. The summed E-state index contributed by atoms with van der Waals surface area (Å²) in [7, 11) is 1.88. The molecule has 3 aromatic carbocycles. The Balaban J connectivity index is 1.44. The quantitative estimate of drug-likeness (QED) is 0.334. The van der Waals surface area contributed by atoms with E-state index >= 15 is 0 Å². The highest BCUT2D eigenvalue weighted by atomic mass is 19.4. The molecule has 1 aromatic heterocycles. The molecule has 1 aliphatic rings. The van der Waals surface area contributed by atoms with Crippen LogP contribution in [0.15, 0.2) is 79.3 Å². The van der Waals surface area contributed by atoms with E-state index in [2.05, 4.69) is 15.8 Å². The van der Waals surface area contributed by atoms with E-state index in [-0.39, 0.29) is 24.7 Å². The molecule has 198 valence electrons. The van der Waals surface area contributed by atoms with Crippen molar-refractivity contribution in [2.45, 2.75) is 12.9 Å². The predicted octanol–water partition coefficient (Wildman–Crippen LogP) is 5.37.